The number of benzene rings is 1. The highest BCUT2D eigenvalue weighted by Crippen LogP contribution is 2.43. The van der Waals surface area contributed by atoms with Crippen LogP contribution >= 0.6 is 39.9 Å². The molecule has 0 radical (unpaired) electrons. The lowest BCUT2D eigenvalue weighted by Gasteiger charge is -2.43. The molecule has 27 heavy (non-hydrogen) atoms. The van der Waals surface area contributed by atoms with Gasteiger partial charge in [0.1, 0.15) is 0 Å². The number of aliphatic imine (C=N–C) groups is 1. The maximum Gasteiger partial charge on any atom is 0.222 e. The molecule has 1 unspecified atom stereocenters. The molecule has 2 aliphatic rings. The Morgan fingerprint density at radius 1 is 1.41 bits per heavy atom. The minimum absolute atomic E-state index is 0. The normalized spacial score (nSPS) is 21.2. The lowest BCUT2D eigenvalue weighted by molar-refractivity contribution is -0.129. The van der Waals surface area contributed by atoms with Crippen molar-refractivity contribution in [2.45, 2.75) is 50.5 Å². The number of likely N-dealkylation sites (tertiary alicyclic amines) is 1. The number of nitrogens with zero attached hydrogens (tertiary/aromatic N) is 2. The maximum absolute atomic E-state index is 11.9. The number of halogens is 2. The van der Waals surface area contributed by atoms with Crippen LogP contribution in [0.15, 0.2) is 33.7 Å². The summed E-state index contributed by atoms with van der Waals surface area (Å²) in [5.41, 5.74) is 1.59. The molecular weight excluding hydrogens is 519 g/mol. The zero-order chi connectivity index (χ0) is 18.6. The average molecular weight is 549 g/mol. The van der Waals surface area contributed by atoms with Crippen LogP contribution in [0.1, 0.15) is 44.6 Å². The van der Waals surface area contributed by atoms with E-state index >= 15 is 0 Å². The van der Waals surface area contributed by atoms with E-state index in [4.69, 9.17) is 0 Å². The van der Waals surface area contributed by atoms with Crippen LogP contribution in [0.2, 0.25) is 0 Å². The van der Waals surface area contributed by atoms with Gasteiger partial charge in [0, 0.05) is 49.0 Å². The number of rotatable bonds is 5. The Hall–Kier alpha value is -0.830. The van der Waals surface area contributed by atoms with Crippen molar-refractivity contribution in [2.75, 3.05) is 26.7 Å². The van der Waals surface area contributed by atoms with Gasteiger partial charge < -0.3 is 15.5 Å². The van der Waals surface area contributed by atoms with Crippen LogP contribution in [0, 0.1) is 0 Å². The number of carbonyl (C=O) groups is 1. The molecule has 1 aromatic carbocycles. The topological polar surface area (TPSA) is 56.7 Å². The summed E-state index contributed by atoms with van der Waals surface area (Å²) in [6.45, 7) is 4.41. The Bertz CT molecular complexity index is 678. The van der Waals surface area contributed by atoms with Crippen molar-refractivity contribution in [3.8, 4) is 0 Å². The first-order chi connectivity index (χ1) is 12.6. The minimum atomic E-state index is 0. The number of carbonyl (C=O) groups excluding carboxylic acids is 1. The van der Waals surface area contributed by atoms with Crippen LogP contribution in [-0.2, 0) is 10.2 Å². The van der Waals surface area contributed by atoms with Crippen molar-refractivity contribution >= 4 is 51.8 Å². The molecule has 7 heteroatoms. The van der Waals surface area contributed by atoms with Gasteiger partial charge in [0.2, 0.25) is 5.91 Å². The van der Waals surface area contributed by atoms with E-state index < -0.39 is 0 Å². The molecule has 1 aliphatic carbocycles. The molecule has 1 saturated heterocycles. The minimum Gasteiger partial charge on any atom is -0.356 e. The number of amides is 1. The van der Waals surface area contributed by atoms with Crippen LogP contribution in [0.4, 0.5) is 0 Å². The Kier molecular flexibility index (Phi) is 8.39. The van der Waals surface area contributed by atoms with Gasteiger partial charge in [-0.1, -0.05) is 41.4 Å². The molecule has 1 atom stereocenters. The summed E-state index contributed by atoms with van der Waals surface area (Å²) in [5.74, 6) is 1.07. The quantitative estimate of drug-likeness (QED) is 0.335. The molecule has 2 N–H and O–H groups in total. The SMILES string of the molecule is CCC(=O)N1CCC(NC(=NC)NCC2(c3cccc(Br)c3)CCC2)C1.I. The van der Waals surface area contributed by atoms with Crippen LogP contribution < -0.4 is 10.6 Å². The monoisotopic (exact) mass is 548 g/mol. The zero-order valence-electron chi connectivity index (χ0n) is 16.1. The van der Waals surface area contributed by atoms with E-state index in [2.05, 4.69) is 55.8 Å². The fraction of sp³-hybridized carbons (Fsp3) is 0.600. The molecule has 0 aromatic heterocycles. The summed E-state index contributed by atoms with van der Waals surface area (Å²) in [4.78, 5) is 18.2. The summed E-state index contributed by atoms with van der Waals surface area (Å²) < 4.78 is 1.13. The third kappa shape index (κ3) is 5.37. The fourth-order valence-corrected chi connectivity index (χ4v) is 4.36. The molecule has 5 nitrogen and oxygen atoms in total. The highest BCUT2D eigenvalue weighted by Gasteiger charge is 2.39. The smallest absolute Gasteiger partial charge is 0.222 e. The Morgan fingerprint density at radius 2 is 2.19 bits per heavy atom. The molecule has 1 saturated carbocycles. The van der Waals surface area contributed by atoms with Crippen molar-refractivity contribution < 1.29 is 4.79 Å². The van der Waals surface area contributed by atoms with E-state index in [1.165, 1.54) is 24.8 Å². The third-order valence-corrected chi connectivity index (χ3v) is 6.24. The second-order valence-corrected chi connectivity index (χ2v) is 8.31. The fourth-order valence-electron chi connectivity index (χ4n) is 3.96. The first-order valence-electron chi connectivity index (χ1n) is 9.57. The summed E-state index contributed by atoms with van der Waals surface area (Å²) in [5, 5.41) is 7.03. The largest absolute Gasteiger partial charge is 0.356 e. The van der Waals surface area contributed by atoms with Gasteiger partial charge in [0.25, 0.3) is 0 Å². The molecule has 0 bridgehead atoms. The molecule has 2 fully saturated rings. The van der Waals surface area contributed by atoms with Crippen LogP contribution in [0.25, 0.3) is 0 Å². The van der Waals surface area contributed by atoms with E-state index in [9.17, 15) is 4.79 Å². The van der Waals surface area contributed by atoms with E-state index in [1.54, 1.807) is 0 Å². The number of hydrogen-bond donors (Lipinski definition) is 2. The van der Waals surface area contributed by atoms with E-state index in [0.29, 0.717) is 6.42 Å². The standard InChI is InChI=1S/C20H29BrN4O.HI/c1-3-18(26)25-11-8-17(13-25)24-19(22-2)23-14-20(9-5-10-20)15-6-4-7-16(21)12-15;/h4,6-7,12,17H,3,5,8-11,13-14H2,1-2H3,(H2,22,23,24);1H. The van der Waals surface area contributed by atoms with Gasteiger partial charge in [-0.2, -0.15) is 0 Å². The summed E-state index contributed by atoms with van der Waals surface area (Å²) >= 11 is 3.59. The van der Waals surface area contributed by atoms with Crippen LogP contribution in [-0.4, -0.2) is 49.5 Å². The number of hydrogen-bond acceptors (Lipinski definition) is 2. The molecular formula is C20H30BrIN4O. The Labute approximate surface area is 187 Å². The molecule has 1 heterocycles. The molecule has 0 spiro atoms. The molecule has 1 amide bonds. The molecule has 1 aliphatic heterocycles. The number of nitrogens with one attached hydrogen (secondary N) is 2. The van der Waals surface area contributed by atoms with Crippen LogP contribution in [0.5, 0.6) is 0 Å². The molecule has 150 valence electrons. The van der Waals surface area contributed by atoms with Gasteiger partial charge in [0.15, 0.2) is 5.96 Å². The van der Waals surface area contributed by atoms with Crippen molar-refractivity contribution in [2.24, 2.45) is 4.99 Å². The van der Waals surface area contributed by atoms with Gasteiger partial charge in [-0.25, -0.2) is 0 Å². The zero-order valence-corrected chi connectivity index (χ0v) is 20.0. The number of guanidine groups is 1. The van der Waals surface area contributed by atoms with Gasteiger partial charge in [-0.05, 0) is 37.0 Å². The highest BCUT2D eigenvalue weighted by molar-refractivity contribution is 14.0. The first kappa shape index (κ1) is 22.5. The van der Waals surface area contributed by atoms with Crippen molar-refractivity contribution in [1.29, 1.82) is 0 Å². The second-order valence-electron chi connectivity index (χ2n) is 7.39. The summed E-state index contributed by atoms with van der Waals surface area (Å²) in [6.07, 6.45) is 5.24. The molecule has 3 rings (SSSR count). The highest BCUT2D eigenvalue weighted by atomic mass is 127. The van der Waals surface area contributed by atoms with Crippen LogP contribution in [0.3, 0.4) is 0 Å². The van der Waals surface area contributed by atoms with Crippen molar-refractivity contribution in [3.63, 3.8) is 0 Å². The molecule has 1 aromatic rings. The lowest BCUT2D eigenvalue weighted by atomic mass is 9.64. The van der Waals surface area contributed by atoms with Crippen molar-refractivity contribution in [3.05, 3.63) is 34.3 Å². The van der Waals surface area contributed by atoms with Gasteiger partial charge in [-0.3, -0.25) is 9.79 Å². The first-order valence-corrected chi connectivity index (χ1v) is 10.4. The van der Waals surface area contributed by atoms with E-state index in [1.807, 2.05) is 18.9 Å². The third-order valence-electron chi connectivity index (χ3n) is 5.75. The Morgan fingerprint density at radius 3 is 2.78 bits per heavy atom. The van der Waals surface area contributed by atoms with Gasteiger partial charge in [0.05, 0.1) is 0 Å². The predicted octanol–water partition coefficient (Wildman–Crippen LogP) is 3.66. The summed E-state index contributed by atoms with van der Waals surface area (Å²) in [7, 11) is 1.81. The van der Waals surface area contributed by atoms with Gasteiger partial charge >= 0.3 is 0 Å². The maximum atomic E-state index is 11.9. The average Bonchev–Trinajstić information content (AvgIpc) is 3.07. The van der Waals surface area contributed by atoms with Crippen molar-refractivity contribution in [1.82, 2.24) is 15.5 Å². The Balaban J connectivity index is 0.00000261. The van der Waals surface area contributed by atoms with E-state index in [-0.39, 0.29) is 41.3 Å². The predicted molar refractivity (Wildman–Crippen MR) is 125 cm³/mol. The summed E-state index contributed by atoms with van der Waals surface area (Å²) in [6, 6.07) is 8.94. The van der Waals surface area contributed by atoms with Gasteiger partial charge in [-0.15, -0.1) is 24.0 Å². The van der Waals surface area contributed by atoms with E-state index in [0.717, 1.165) is 36.5 Å². The second kappa shape index (κ2) is 10.1. The lowest BCUT2D eigenvalue weighted by Crippen LogP contribution is -2.51.